The number of benzene rings is 3. The third-order valence-electron chi connectivity index (χ3n) is 4.26. The number of halogens is 1. The van der Waals surface area contributed by atoms with Crippen LogP contribution >= 0.6 is 11.6 Å². The molecule has 3 aromatic rings. The van der Waals surface area contributed by atoms with Gasteiger partial charge in [0.25, 0.3) is 11.8 Å². The smallest absolute Gasteiger partial charge is 0.262 e. The molecule has 0 aliphatic carbocycles. The predicted octanol–water partition coefficient (Wildman–Crippen LogP) is 5.23. The fourth-order valence-corrected chi connectivity index (χ4v) is 2.77. The first-order valence-corrected chi connectivity index (χ1v) is 9.45. The van der Waals surface area contributed by atoms with Crippen molar-refractivity contribution in [2.75, 3.05) is 17.2 Å². The zero-order valence-corrected chi connectivity index (χ0v) is 16.9. The second-order valence-electron chi connectivity index (χ2n) is 6.64. The van der Waals surface area contributed by atoms with Crippen LogP contribution < -0.4 is 15.4 Å². The molecule has 0 spiro atoms. The molecule has 0 saturated heterocycles. The van der Waals surface area contributed by atoms with E-state index < -0.39 is 0 Å². The van der Waals surface area contributed by atoms with Crippen LogP contribution in [0.4, 0.5) is 11.4 Å². The summed E-state index contributed by atoms with van der Waals surface area (Å²) in [5.41, 5.74) is 3.96. The summed E-state index contributed by atoms with van der Waals surface area (Å²) in [5, 5.41) is 6.24. The first-order chi connectivity index (χ1) is 13.9. The topological polar surface area (TPSA) is 67.4 Å². The van der Waals surface area contributed by atoms with Crippen LogP contribution in [-0.2, 0) is 4.79 Å². The van der Waals surface area contributed by atoms with Crippen molar-refractivity contribution in [2.45, 2.75) is 13.8 Å². The number of hydrogen-bond acceptors (Lipinski definition) is 3. The predicted molar refractivity (Wildman–Crippen MR) is 116 cm³/mol. The first-order valence-electron chi connectivity index (χ1n) is 9.07. The van der Waals surface area contributed by atoms with E-state index in [1.54, 1.807) is 48.5 Å². The molecule has 0 atom stereocenters. The molecule has 6 heteroatoms. The molecule has 2 amide bonds. The van der Waals surface area contributed by atoms with Gasteiger partial charge in [-0.3, -0.25) is 9.59 Å². The van der Waals surface area contributed by atoms with Crippen LogP contribution in [0, 0.1) is 13.8 Å². The molecule has 0 heterocycles. The molecule has 0 aromatic heterocycles. The molecule has 148 valence electrons. The second kappa shape index (κ2) is 9.26. The molecular formula is C23H21ClN2O3. The van der Waals surface area contributed by atoms with Gasteiger partial charge in [-0.2, -0.15) is 0 Å². The summed E-state index contributed by atoms with van der Waals surface area (Å²) < 4.78 is 5.52. The highest BCUT2D eigenvalue weighted by atomic mass is 35.5. The van der Waals surface area contributed by atoms with E-state index in [-0.39, 0.29) is 18.4 Å². The summed E-state index contributed by atoms with van der Waals surface area (Å²) >= 11 is 5.84. The molecule has 0 aliphatic heterocycles. The van der Waals surface area contributed by atoms with Crippen molar-refractivity contribution in [2.24, 2.45) is 0 Å². The van der Waals surface area contributed by atoms with Gasteiger partial charge in [0, 0.05) is 22.0 Å². The molecule has 29 heavy (non-hydrogen) atoms. The third-order valence-corrected chi connectivity index (χ3v) is 4.51. The monoisotopic (exact) mass is 408 g/mol. The molecule has 3 aromatic carbocycles. The van der Waals surface area contributed by atoms with Gasteiger partial charge >= 0.3 is 0 Å². The highest BCUT2D eigenvalue weighted by molar-refractivity contribution is 6.30. The Hall–Kier alpha value is -3.31. The van der Waals surface area contributed by atoms with E-state index in [2.05, 4.69) is 10.6 Å². The van der Waals surface area contributed by atoms with E-state index in [4.69, 9.17) is 16.3 Å². The van der Waals surface area contributed by atoms with Gasteiger partial charge in [0.05, 0.1) is 0 Å². The van der Waals surface area contributed by atoms with E-state index in [0.717, 1.165) is 16.8 Å². The van der Waals surface area contributed by atoms with Crippen molar-refractivity contribution in [3.63, 3.8) is 0 Å². The number of nitrogens with one attached hydrogen (secondary N) is 2. The molecule has 0 radical (unpaired) electrons. The minimum atomic E-state index is -0.247. The number of ether oxygens (including phenoxy) is 1. The second-order valence-corrected chi connectivity index (χ2v) is 7.08. The van der Waals surface area contributed by atoms with Gasteiger partial charge in [-0.15, -0.1) is 0 Å². The molecule has 0 fully saturated rings. The molecule has 3 rings (SSSR count). The Morgan fingerprint density at radius 1 is 0.897 bits per heavy atom. The zero-order valence-electron chi connectivity index (χ0n) is 16.2. The quantitative estimate of drug-likeness (QED) is 0.587. The minimum Gasteiger partial charge on any atom is -0.484 e. The third kappa shape index (κ3) is 5.83. The van der Waals surface area contributed by atoms with Gasteiger partial charge < -0.3 is 15.4 Å². The van der Waals surface area contributed by atoms with E-state index in [1.807, 2.05) is 32.0 Å². The number of carbonyl (C=O) groups is 2. The van der Waals surface area contributed by atoms with E-state index in [1.165, 1.54) is 0 Å². The SMILES string of the molecule is Cc1ccc(C)c(NC(=O)COc2ccc(C(=O)Nc3ccc(Cl)cc3)cc2)c1. The van der Waals surface area contributed by atoms with Gasteiger partial charge in [0.2, 0.25) is 0 Å². The molecule has 5 nitrogen and oxygen atoms in total. The highest BCUT2D eigenvalue weighted by Crippen LogP contribution is 2.18. The maximum atomic E-state index is 12.3. The Labute approximate surface area is 174 Å². The lowest BCUT2D eigenvalue weighted by Gasteiger charge is -2.11. The Morgan fingerprint density at radius 3 is 2.28 bits per heavy atom. The van der Waals surface area contributed by atoms with Gasteiger partial charge in [-0.05, 0) is 79.6 Å². The maximum absolute atomic E-state index is 12.3. The maximum Gasteiger partial charge on any atom is 0.262 e. The van der Waals surface area contributed by atoms with E-state index in [9.17, 15) is 9.59 Å². The number of rotatable bonds is 6. The van der Waals surface area contributed by atoms with Crippen LogP contribution in [0.5, 0.6) is 5.75 Å². The lowest BCUT2D eigenvalue weighted by Crippen LogP contribution is -2.20. The number of carbonyl (C=O) groups excluding carboxylic acids is 2. The van der Waals surface area contributed by atoms with Crippen LogP contribution in [0.15, 0.2) is 66.7 Å². The lowest BCUT2D eigenvalue weighted by molar-refractivity contribution is -0.118. The van der Waals surface area contributed by atoms with Gasteiger partial charge in [-0.25, -0.2) is 0 Å². The molecule has 0 aliphatic rings. The fourth-order valence-electron chi connectivity index (χ4n) is 2.64. The Kier molecular flexibility index (Phi) is 6.52. The van der Waals surface area contributed by atoms with Crippen molar-refractivity contribution in [3.8, 4) is 5.75 Å². The Bertz CT molecular complexity index is 1020. The van der Waals surface area contributed by atoms with Gasteiger partial charge in [0.15, 0.2) is 6.61 Å². The van der Waals surface area contributed by atoms with Gasteiger partial charge in [-0.1, -0.05) is 23.7 Å². The zero-order chi connectivity index (χ0) is 20.8. The lowest BCUT2D eigenvalue weighted by atomic mass is 10.1. The minimum absolute atomic E-state index is 0.121. The van der Waals surface area contributed by atoms with Crippen LogP contribution in [0.25, 0.3) is 0 Å². The Balaban J connectivity index is 1.53. The van der Waals surface area contributed by atoms with Crippen molar-refractivity contribution in [1.29, 1.82) is 0 Å². The number of aryl methyl sites for hydroxylation is 2. The molecule has 0 saturated carbocycles. The van der Waals surface area contributed by atoms with Crippen molar-refractivity contribution < 1.29 is 14.3 Å². The summed E-state index contributed by atoms with van der Waals surface area (Å²) in [5.74, 6) is 0.0129. The largest absolute Gasteiger partial charge is 0.484 e. The summed E-state index contributed by atoms with van der Waals surface area (Å²) in [6.07, 6.45) is 0. The molecular weight excluding hydrogens is 388 g/mol. The normalized spacial score (nSPS) is 10.3. The average molecular weight is 409 g/mol. The highest BCUT2D eigenvalue weighted by Gasteiger charge is 2.09. The van der Waals surface area contributed by atoms with Crippen LogP contribution in [0.2, 0.25) is 5.02 Å². The average Bonchev–Trinajstić information content (AvgIpc) is 2.71. The standard InChI is InChI=1S/C23H21ClN2O3/c1-15-3-4-16(2)21(13-15)26-22(27)14-29-20-11-5-17(6-12-20)23(28)25-19-9-7-18(24)8-10-19/h3-13H,14H2,1-2H3,(H,25,28)(H,26,27). The molecule has 2 N–H and O–H groups in total. The Morgan fingerprint density at radius 2 is 1.59 bits per heavy atom. The van der Waals surface area contributed by atoms with Crippen LogP contribution in [0.3, 0.4) is 0 Å². The summed E-state index contributed by atoms with van der Waals surface area (Å²) in [7, 11) is 0. The summed E-state index contributed by atoms with van der Waals surface area (Å²) in [4.78, 5) is 24.4. The van der Waals surface area contributed by atoms with Crippen LogP contribution in [-0.4, -0.2) is 18.4 Å². The van der Waals surface area contributed by atoms with Crippen molar-refractivity contribution in [3.05, 3.63) is 88.4 Å². The number of anilines is 2. The first kappa shape index (κ1) is 20.4. The van der Waals surface area contributed by atoms with Crippen LogP contribution in [0.1, 0.15) is 21.5 Å². The van der Waals surface area contributed by atoms with Gasteiger partial charge in [0.1, 0.15) is 5.75 Å². The number of amides is 2. The van der Waals surface area contributed by atoms with Crippen molar-refractivity contribution >= 4 is 34.8 Å². The fraction of sp³-hybridized carbons (Fsp3) is 0.130. The van der Waals surface area contributed by atoms with Crippen molar-refractivity contribution in [1.82, 2.24) is 0 Å². The molecule has 0 unspecified atom stereocenters. The number of hydrogen-bond donors (Lipinski definition) is 2. The summed E-state index contributed by atoms with van der Waals surface area (Å²) in [6, 6.07) is 19.3. The van der Waals surface area contributed by atoms with E-state index in [0.29, 0.717) is 22.0 Å². The van der Waals surface area contributed by atoms with E-state index >= 15 is 0 Å². The molecule has 0 bridgehead atoms. The summed E-state index contributed by atoms with van der Waals surface area (Å²) in [6.45, 7) is 3.78.